The fraction of sp³-hybridized carbons (Fsp3) is 0.632. The Balaban J connectivity index is 1.43. The highest BCUT2D eigenvalue weighted by Gasteiger charge is 2.40. The van der Waals surface area contributed by atoms with Gasteiger partial charge in [-0.05, 0) is 39.2 Å². The van der Waals surface area contributed by atoms with Crippen LogP contribution in [0.5, 0.6) is 0 Å². The number of hydrogen-bond acceptors (Lipinski definition) is 5. The van der Waals surface area contributed by atoms with Crippen LogP contribution < -0.4 is 5.56 Å². The van der Waals surface area contributed by atoms with Gasteiger partial charge in [-0.25, -0.2) is 0 Å². The van der Waals surface area contributed by atoms with Gasteiger partial charge in [0.05, 0.1) is 11.6 Å². The molecule has 2 aromatic heterocycles. The number of aromatic amines is 1. The highest BCUT2D eigenvalue weighted by molar-refractivity contribution is 5.80. The highest BCUT2D eigenvalue weighted by Crippen LogP contribution is 2.37. The predicted octanol–water partition coefficient (Wildman–Crippen LogP) is 2.23. The van der Waals surface area contributed by atoms with Gasteiger partial charge in [-0.15, -0.1) is 0 Å². The lowest BCUT2D eigenvalue weighted by Crippen LogP contribution is -2.42. The van der Waals surface area contributed by atoms with Gasteiger partial charge in [-0.1, -0.05) is 0 Å². The third-order valence-corrected chi connectivity index (χ3v) is 5.64. The zero-order chi connectivity index (χ0) is 19.0. The first kappa shape index (κ1) is 18.0. The van der Waals surface area contributed by atoms with E-state index in [1.807, 2.05) is 15.6 Å². The summed E-state index contributed by atoms with van der Waals surface area (Å²) in [5, 5.41) is 6.73. The van der Waals surface area contributed by atoms with Gasteiger partial charge in [0.15, 0.2) is 0 Å². The number of amides is 1. The predicted molar refractivity (Wildman–Crippen MR) is 97.3 cm³/mol. The first-order valence-corrected chi connectivity index (χ1v) is 9.67. The van der Waals surface area contributed by atoms with Gasteiger partial charge >= 0.3 is 0 Å². The smallest absolute Gasteiger partial charge is 0.280 e. The molecule has 2 fully saturated rings. The number of rotatable bonds is 4. The molecule has 0 radical (unpaired) electrons. The van der Waals surface area contributed by atoms with Crippen LogP contribution in [0.4, 0.5) is 0 Å². The number of aromatic nitrogens is 3. The number of nitrogens with zero attached hydrogens (tertiary/aromatic N) is 3. The molecule has 8 nitrogen and oxygen atoms in total. The maximum atomic E-state index is 13.2. The SMILES string of the molecule is CC(C)n1nccc1[C@@H]1OCC[C@H]1C(=O)N1CCC(c2cc(=O)[nH]o2)CC1. The Kier molecular flexibility index (Phi) is 4.90. The number of ether oxygens (including phenoxy) is 1. The molecule has 8 heteroatoms. The molecule has 2 aromatic rings. The lowest BCUT2D eigenvalue weighted by molar-refractivity contribution is -0.138. The number of piperidine rings is 1. The standard InChI is InChI=1S/C19H26N4O4/c1-12(2)23-15(3-7-20-23)18-14(6-10-26-18)19(25)22-8-4-13(5-9-22)16-11-17(24)21-27-16/h3,7,11-14,18H,4-6,8-10H2,1-2H3,(H,21,24)/t14-,18-/m1/s1. The van der Waals surface area contributed by atoms with Crippen LogP contribution in [0.15, 0.2) is 27.6 Å². The molecule has 0 bridgehead atoms. The Labute approximate surface area is 157 Å². The molecule has 4 rings (SSSR count). The number of nitrogens with one attached hydrogen (secondary N) is 1. The summed E-state index contributed by atoms with van der Waals surface area (Å²) < 4.78 is 13.1. The third kappa shape index (κ3) is 3.45. The molecule has 1 amide bonds. The number of hydrogen-bond donors (Lipinski definition) is 1. The van der Waals surface area contributed by atoms with E-state index in [0.717, 1.165) is 25.0 Å². The second kappa shape index (κ2) is 7.34. The zero-order valence-corrected chi connectivity index (χ0v) is 15.8. The Morgan fingerprint density at radius 1 is 1.30 bits per heavy atom. The molecule has 2 saturated heterocycles. The molecule has 0 spiro atoms. The van der Waals surface area contributed by atoms with Crippen molar-refractivity contribution >= 4 is 5.91 Å². The van der Waals surface area contributed by atoms with Gasteiger partial charge in [0, 0.05) is 43.9 Å². The van der Waals surface area contributed by atoms with Crippen LogP contribution in [0.2, 0.25) is 0 Å². The number of H-pyrrole nitrogens is 1. The summed E-state index contributed by atoms with van der Waals surface area (Å²) in [4.78, 5) is 26.4. The average Bonchev–Trinajstić information content (AvgIpc) is 3.40. The van der Waals surface area contributed by atoms with Crippen molar-refractivity contribution in [1.82, 2.24) is 19.8 Å². The third-order valence-electron chi connectivity index (χ3n) is 5.64. The van der Waals surface area contributed by atoms with Crippen LogP contribution in [0.1, 0.15) is 62.6 Å². The normalized spacial score (nSPS) is 24.0. The molecule has 146 valence electrons. The van der Waals surface area contributed by atoms with Crippen molar-refractivity contribution in [2.45, 2.75) is 51.2 Å². The second-order valence-electron chi connectivity index (χ2n) is 7.70. The lowest BCUT2D eigenvalue weighted by atomic mass is 9.91. The van der Waals surface area contributed by atoms with E-state index < -0.39 is 0 Å². The molecular formula is C19H26N4O4. The van der Waals surface area contributed by atoms with E-state index in [0.29, 0.717) is 25.5 Å². The van der Waals surface area contributed by atoms with Crippen molar-refractivity contribution < 1.29 is 14.1 Å². The fourth-order valence-corrected chi connectivity index (χ4v) is 4.23. The summed E-state index contributed by atoms with van der Waals surface area (Å²) in [6, 6.07) is 3.69. The first-order valence-electron chi connectivity index (χ1n) is 9.67. The van der Waals surface area contributed by atoms with E-state index in [1.54, 1.807) is 6.20 Å². The summed E-state index contributed by atoms with van der Waals surface area (Å²) in [6.07, 6.45) is 3.88. The van der Waals surface area contributed by atoms with E-state index in [4.69, 9.17) is 9.26 Å². The molecule has 2 aliphatic heterocycles. The van der Waals surface area contributed by atoms with Crippen molar-refractivity contribution in [3.8, 4) is 0 Å². The minimum absolute atomic E-state index is 0.156. The topological polar surface area (TPSA) is 93.4 Å². The molecule has 0 saturated carbocycles. The van der Waals surface area contributed by atoms with Gasteiger partial charge < -0.3 is 14.2 Å². The zero-order valence-electron chi connectivity index (χ0n) is 15.8. The van der Waals surface area contributed by atoms with Crippen LogP contribution >= 0.6 is 0 Å². The van der Waals surface area contributed by atoms with Crippen LogP contribution in [0.3, 0.4) is 0 Å². The van der Waals surface area contributed by atoms with Gasteiger partial charge in [0.1, 0.15) is 11.9 Å². The van der Waals surface area contributed by atoms with Crippen LogP contribution in [0.25, 0.3) is 0 Å². The molecule has 1 N–H and O–H groups in total. The Bertz CT molecular complexity index is 844. The quantitative estimate of drug-likeness (QED) is 0.886. The summed E-state index contributed by atoms with van der Waals surface area (Å²) in [5.74, 6) is 0.866. The lowest BCUT2D eigenvalue weighted by Gasteiger charge is -2.33. The second-order valence-corrected chi connectivity index (χ2v) is 7.70. The van der Waals surface area contributed by atoms with Crippen molar-refractivity contribution in [3.63, 3.8) is 0 Å². The van der Waals surface area contributed by atoms with E-state index >= 15 is 0 Å². The van der Waals surface area contributed by atoms with Gasteiger partial charge in [-0.2, -0.15) is 10.3 Å². The van der Waals surface area contributed by atoms with Crippen molar-refractivity contribution in [3.05, 3.63) is 40.1 Å². The summed E-state index contributed by atoms with van der Waals surface area (Å²) in [7, 11) is 0. The number of carbonyl (C=O) groups excluding carboxylic acids is 1. The minimum atomic E-state index is -0.234. The molecule has 4 heterocycles. The fourth-order valence-electron chi connectivity index (χ4n) is 4.23. The van der Waals surface area contributed by atoms with Crippen molar-refractivity contribution in [2.75, 3.05) is 19.7 Å². The first-order chi connectivity index (χ1) is 13.0. The molecule has 0 aromatic carbocycles. The molecule has 2 atom stereocenters. The molecule has 2 aliphatic rings. The van der Waals surface area contributed by atoms with Crippen molar-refractivity contribution in [2.24, 2.45) is 5.92 Å². The Morgan fingerprint density at radius 2 is 2.07 bits per heavy atom. The molecule has 0 aliphatic carbocycles. The largest absolute Gasteiger partial charge is 0.383 e. The van der Waals surface area contributed by atoms with E-state index in [1.165, 1.54) is 6.07 Å². The van der Waals surface area contributed by atoms with E-state index in [-0.39, 0.29) is 35.4 Å². The van der Waals surface area contributed by atoms with E-state index in [2.05, 4.69) is 24.1 Å². The van der Waals surface area contributed by atoms with E-state index in [9.17, 15) is 9.59 Å². The number of carbonyl (C=O) groups is 1. The maximum Gasteiger partial charge on any atom is 0.280 e. The summed E-state index contributed by atoms with van der Waals surface area (Å²) in [5.41, 5.74) is 0.765. The highest BCUT2D eigenvalue weighted by atomic mass is 16.5. The Hall–Kier alpha value is -2.35. The minimum Gasteiger partial charge on any atom is -0.383 e. The van der Waals surface area contributed by atoms with Crippen LogP contribution in [0, 0.1) is 5.92 Å². The van der Waals surface area contributed by atoms with Crippen molar-refractivity contribution in [1.29, 1.82) is 0 Å². The van der Waals surface area contributed by atoms with Gasteiger partial charge in [-0.3, -0.25) is 14.3 Å². The molecular weight excluding hydrogens is 348 g/mol. The number of likely N-dealkylation sites (tertiary alicyclic amines) is 1. The maximum absolute atomic E-state index is 13.2. The summed E-state index contributed by atoms with van der Waals surface area (Å²) >= 11 is 0. The Morgan fingerprint density at radius 3 is 2.74 bits per heavy atom. The van der Waals surface area contributed by atoms with Crippen LogP contribution in [-0.4, -0.2) is 45.4 Å². The van der Waals surface area contributed by atoms with Gasteiger partial charge in [0.25, 0.3) is 5.56 Å². The summed E-state index contributed by atoms with van der Waals surface area (Å²) in [6.45, 7) is 6.09. The van der Waals surface area contributed by atoms with Gasteiger partial charge in [0.2, 0.25) is 5.91 Å². The van der Waals surface area contributed by atoms with Crippen LogP contribution in [-0.2, 0) is 9.53 Å². The molecule has 0 unspecified atom stereocenters. The monoisotopic (exact) mass is 374 g/mol. The molecule has 27 heavy (non-hydrogen) atoms. The average molecular weight is 374 g/mol.